The molecule has 0 amide bonds. The van der Waals surface area contributed by atoms with Gasteiger partial charge in [0.25, 0.3) is 0 Å². The Morgan fingerprint density at radius 2 is 2.47 bits per heavy atom. The first-order valence-electron chi connectivity index (χ1n) is 5.24. The summed E-state index contributed by atoms with van der Waals surface area (Å²) < 4.78 is 0. The molecule has 15 heavy (non-hydrogen) atoms. The maximum atomic E-state index is 8.69. The van der Waals surface area contributed by atoms with Gasteiger partial charge in [-0.1, -0.05) is 0 Å². The fourth-order valence-electron chi connectivity index (χ4n) is 2.19. The van der Waals surface area contributed by atoms with Crippen LogP contribution in [-0.2, 0) is 0 Å². The van der Waals surface area contributed by atoms with Gasteiger partial charge in [0, 0.05) is 31.4 Å². The van der Waals surface area contributed by atoms with Crippen molar-refractivity contribution in [2.45, 2.75) is 18.5 Å². The van der Waals surface area contributed by atoms with Crippen molar-refractivity contribution in [1.29, 1.82) is 5.26 Å². The highest BCUT2D eigenvalue weighted by Gasteiger charge is 2.44. The predicted molar refractivity (Wildman–Crippen MR) is 56.5 cm³/mol. The lowest BCUT2D eigenvalue weighted by atomic mass is 10.3. The van der Waals surface area contributed by atoms with Gasteiger partial charge in [0.15, 0.2) is 0 Å². The second kappa shape index (κ2) is 3.21. The van der Waals surface area contributed by atoms with Crippen molar-refractivity contribution in [2.24, 2.45) is 0 Å². The van der Waals surface area contributed by atoms with E-state index in [2.05, 4.69) is 21.3 Å². The lowest BCUT2D eigenvalue weighted by molar-refractivity contribution is 0.577. The molecule has 1 aromatic heterocycles. The van der Waals surface area contributed by atoms with Gasteiger partial charge in [-0.05, 0) is 18.6 Å². The standard InChI is InChI=1S/C11H12N4/c12-6-8-1-2-11(14-7-8)15-4-3-13-9-5-10(9)15/h1-2,7,9-10,13H,3-5H2/t9-,10+/m1/s1. The number of hydrogen-bond donors (Lipinski definition) is 1. The largest absolute Gasteiger partial charge is 0.351 e. The second-order valence-electron chi connectivity index (χ2n) is 4.07. The lowest BCUT2D eigenvalue weighted by Crippen LogP contribution is -2.43. The molecule has 0 spiro atoms. The van der Waals surface area contributed by atoms with Gasteiger partial charge in [-0.3, -0.25) is 0 Å². The molecule has 1 aliphatic heterocycles. The molecule has 3 rings (SSSR count). The number of hydrogen-bond acceptors (Lipinski definition) is 4. The van der Waals surface area contributed by atoms with Gasteiger partial charge in [-0.25, -0.2) is 4.98 Å². The second-order valence-corrected chi connectivity index (χ2v) is 4.07. The first-order chi connectivity index (χ1) is 7.38. The minimum Gasteiger partial charge on any atom is -0.351 e. The average molecular weight is 200 g/mol. The highest BCUT2D eigenvalue weighted by Crippen LogP contribution is 2.33. The molecule has 4 nitrogen and oxygen atoms in total. The normalized spacial score (nSPS) is 28.1. The first kappa shape index (κ1) is 8.69. The molecule has 2 atom stereocenters. The highest BCUT2D eigenvalue weighted by molar-refractivity contribution is 5.46. The number of nitriles is 1. The van der Waals surface area contributed by atoms with Crippen LogP contribution >= 0.6 is 0 Å². The summed E-state index contributed by atoms with van der Waals surface area (Å²) in [6.45, 7) is 2.04. The van der Waals surface area contributed by atoms with Crippen LogP contribution in [0.1, 0.15) is 12.0 Å². The van der Waals surface area contributed by atoms with E-state index in [1.807, 2.05) is 12.1 Å². The average Bonchev–Trinajstić information content (AvgIpc) is 3.08. The van der Waals surface area contributed by atoms with Crippen molar-refractivity contribution in [3.63, 3.8) is 0 Å². The number of pyridine rings is 1. The molecule has 1 aliphatic carbocycles. The van der Waals surface area contributed by atoms with E-state index in [9.17, 15) is 0 Å². The monoisotopic (exact) mass is 200 g/mol. The summed E-state index contributed by atoms with van der Waals surface area (Å²) in [5, 5.41) is 12.1. The molecule has 1 saturated carbocycles. The van der Waals surface area contributed by atoms with Gasteiger partial charge >= 0.3 is 0 Å². The summed E-state index contributed by atoms with van der Waals surface area (Å²) in [6.07, 6.45) is 2.87. The van der Waals surface area contributed by atoms with Crippen LogP contribution in [0.3, 0.4) is 0 Å². The maximum Gasteiger partial charge on any atom is 0.128 e. The molecule has 2 heterocycles. The highest BCUT2D eigenvalue weighted by atomic mass is 15.3. The quantitative estimate of drug-likeness (QED) is 0.717. The van der Waals surface area contributed by atoms with Crippen molar-refractivity contribution in [2.75, 3.05) is 18.0 Å². The zero-order valence-electron chi connectivity index (χ0n) is 8.35. The van der Waals surface area contributed by atoms with Crippen LogP contribution in [-0.4, -0.2) is 30.2 Å². The predicted octanol–water partition coefficient (Wildman–Crippen LogP) is 0.504. The zero-order valence-corrected chi connectivity index (χ0v) is 8.35. The Kier molecular flexibility index (Phi) is 1.86. The molecule has 76 valence electrons. The topological polar surface area (TPSA) is 52.0 Å². The third-order valence-corrected chi connectivity index (χ3v) is 3.09. The van der Waals surface area contributed by atoms with Crippen molar-refractivity contribution >= 4 is 5.82 Å². The molecule has 1 saturated heterocycles. The Balaban J connectivity index is 1.83. The number of aromatic nitrogens is 1. The van der Waals surface area contributed by atoms with Crippen LogP contribution in [0.25, 0.3) is 0 Å². The minimum absolute atomic E-state index is 0.624. The summed E-state index contributed by atoms with van der Waals surface area (Å²) >= 11 is 0. The van der Waals surface area contributed by atoms with E-state index in [0.717, 1.165) is 18.9 Å². The Morgan fingerprint density at radius 1 is 1.53 bits per heavy atom. The Labute approximate surface area is 88.5 Å². The molecule has 0 unspecified atom stereocenters. The van der Waals surface area contributed by atoms with E-state index in [-0.39, 0.29) is 0 Å². The smallest absolute Gasteiger partial charge is 0.128 e. The number of nitrogens with zero attached hydrogens (tertiary/aromatic N) is 3. The summed E-state index contributed by atoms with van der Waals surface area (Å²) in [4.78, 5) is 6.66. The summed E-state index contributed by atoms with van der Waals surface area (Å²) in [6, 6.07) is 7.15. The van der Waals surface area contributed by atoms with Crippen LogP contribution in [0, 0.1) is 11.3 Å². The summed E-state index contributed by atoms with van der Waals surface area (Å²) in [5.41, 5.74) is 0.626. The summed E-state index contributed by atoms with van der Waals surface area (Å²) in [7, 11) is 0. The van der Waals surface area contributed by atoms with Crippen molar-refractivity contribution in [1.82, 2.24) is 10.3 Å². The number of rotatable bonds is 1. The molecule has 2 aliphatic rings. The molecule has 4 heteroatoms. The van der Waals surface area contributed by atoms with Crippen LogP contribution in [0.15, 0.2) is 18.3 Å². The SMILES string of the molecule is N#Cc1ccc(N2CCN[C@@H]3C[C@@H]32)nc1. The third-order valence-electron chi connectivity index (χ3n) is 3.09. The Hall–Kier alpha value is -1.60. The third kappa shape index (κ3) is 1.45. The van der Waals surface area contributed by atoms with Crippen molar-refractivity contribution < 1.29 is 0 Å². The Morgan fingerprint density at radius 3 is 3.20 bits per heavy atom. The molecule has 0 radical (unpaired) electrons. The molecule has 0 bridgehead atoms. The number of fused-ring (bicyclic) bond motifs is 1. The fourth-order valence-corrected chi connectivity index (χ4v) is 2.19. The van der Waals surface area contributed by atoms with E-state index in [1.165, 1.54) is 6.42 Å². The molecule has 0 aromatic carbocycles. The number of piperazine rings is 1. The Bertz CT molecular complexity index is 406. The van der Waals surface area contributed by atoms with Crippen LogP contribution < -0.4 is 10.2 Å². The van der Waals surface area contributed by atoms with Gasteiger partial charge in [0.05, 0.1) is 5.56 Å². The van der Waals surface area contributed by atoms with E-state index < -0.39 is 0 Å². The van der Waals surface area contributed by atoms with E-state index >= 15 is 0 Å². The van der Waals surface area contributed by atoms with Gasteiger partial charge in [0.1, 0.15) is 11.9 Å². The van der Waals surface area contributed by atoms with E-state index in [4.69, 9.17) is 5.26 Å². The van der Waals surface area contributed by atoms with E-state index in [0.29, 0.717) is 17.6 Å². The molecule has 2 fully saturated rings. The zero-order chi connectivity index (χ0) is 10.3. The first-order valence-corrected chi connectivity index (χ1v) is 5.24. The summed E-state index contributed by atoms with van der Waals surface area (Å²) in [5.74, 6) is 1.00. The van der Waals surface area contributed by atoms with Gasteiger partial charge in [-0.2, -0.15) is 5.26 Å². The number of nitrogens with one attached hydrogen (secondary N) is 1. The minimum atomic E-state index is 0.624. The van der Waals surface area contributed by atoms with Crippen LogP contribution in [0.4, 0.5) is 5.82 Å². The van der Waals surface area contributed by atoms with Gasteiger partial charge < -0.3 is 10.2 Å². The van der Waals surface area contributed by atoms with Gasteiger partial charge in [-0.15, -0.1) is 0 Å². The molecule has 1 N–H and O–H groups in total. The maximum absolute atomic E-state index is 8.69. The van der Waals surface area contributed by atoms with Crippen molar-refractivity contribution in [3.8, 4) is 6.07 Å². The van der Waals surface area contributed by atoms with Gasteiger partial charge in [0.2, 0.25) is 0 Å². The molecular formula is C11H12N4. The molecule has 1 aromatic rings. The fraction of sp³-hybridized carbons (Fsp3) is 0.455. The number of anilines is 1. The van der Waals surface area contributed by atoms with E-state index in [1.54, 1.807) is 6.20 Å². The molecular weight excluding hydrogens is 188 g/mol. The van der Waals surface area contributed by atoms with Crippen LogP contribution in [0.5, 0.6) is 0 Å². The van der Waals surface area contributed by atoms with Crippen LogP contribution in [0.2, 0.25) is 0 Å². The lowest BCUT2D eigenvalue weighted by Gasteiger charge is -2.28. The van der Waals surface area contributed by atoms with Crippen molar-refractivity contribution in [3.05, 3.63) is 23.9 Å².